The Labute approximate surface area is 691 Å². The molecule has 20 nitrogen and oxygen atoms in total. The molecule has 5 aliphatic heterocycles. The zero-order chi connectivity index (χ0) is 85.4. The van der Waals surface area contributed by atoms with Gasteiger partial charge < -0.3 is 49.0 Å². The molecule has 0 saturated heterocycles. The topological polar surface area (TPSA) is 115 Å². The summed E-state index contributed by atoms with van der Waals surface area (Å²) in [6.07, 6.45) is 0.423. The molecule has 0 spiro atoms. The van der Waals surface area contributed by atoms with Crippen LogP contribution >= 0.6 is 0 Å². The molecule has 0 aliphatic carbocycles. The molecule has 10 aromatic carbocycles. The van der Waals surface area contributed by atoms with Gasteiger partial charge in [0, 0.05) is 80.7 Å². The van der Waals surface area contributed by atoms with Crippen LogP contribution < -0.4 is 49.0 Å². The first-order valence-corrected chi connectivity index (χ1v) is 38.4. The van der Waals surface area contributed by atoms with Crippen molar-refractivity contribution in [1.29, 1.82) is 10.5 Å². The van der Waals surface area contributed by atoms with Gasteiger partial charge in [-0.15, -0.1) is 0 Å². The van der Waals surface area contributed by atoms with E-state index in [-0.39, 0.29) is 30.8 Å². The summed E-state index contributed by atoms with van der Waals surface area (Å²) >= 11 is 0. The van der Waals surface area contributed by atoms with E-state index in [1.54, 1.807) is 30.3 Å². The van der Waals surface area contributed by atoms with Gasteiger partial charge in [0.05, 0.1) is 104 Å². The minimum atomic E-state index is 0.0718. The number of nitrogens with zero attached hydrogens (tertiary/aromatic N) is 20. The molecule has 582 valence electrons. The van der Waals surface area contributed by atoms with Crippen LogP contribution in [0.4, 0.5) is 131 Å². The van der Waals surface area contributed by atoms with E-state index < -0.39 is 0 Å². The van der Waals surface area contributed by atoms with Crippen molar-refractivity contribution in [1.82, 2.24) is 0 Å². The first kappa shape index (κ1) is 83.0. The Balaban J connectivity index is 0.000000144. The molecule has 0 saturated carbocycles. The predicted molar refractivity (Wildman–Crippen MR) is 481 cm³/mol. The van der Waals surface area contributed by atoms with E-state index in [4.69, 9.17) is 52.6 Å². The molecule has 0 unspecified atom stereocenters. The van der Waals surface area contributed by atoms with Gasteiger partial charge in [0.25, 0.3) is 0 Å². The van der Waals surface area contributed by atoms with Crippen molar-refractivity contribution in [3.8, 4) is 12.1 Å². The highest BCUT2D eigenvalue weighted by atomic mass is 15.4. The summed E-state index contributed by atoms with van der Waals surface area (Å²) in [6.45, 7) is 95.3. The molecule has 15 rings (SSSR count). The number of hydrogen-bond acceptors (Lipinski definition) is 12. The molecule has 10 aromatic rings. The van der Waals surface area contributed by atoms with Crippen LogP contribution in [0.5, 0.6) is 0 Å². The largest absolute Gasteiger partial charge is 0.354 e. The highest BCUT2D eigenvalue weighted by Gasteiger charge is 2.41. The molecular formula is C97H94N20. The summed E-state index contributed by atoms with van der Waals surface area (Å²) < 4.78 is 0. The first-order chi connectivity index (χ1) is 55.8. The highest BCUT2D eigenvalue weighted by Crippen LogP contribution is 2.58. The maximum atomic E-state index is 9.57. The second kappa shape index (κ2) is 33.4. The number of benzene rings is 10. The summed E-state index contributed by atoms with van der Waals surface area (Å²) in [5, 5.41) is 19.1. The summed E-state index contributed by atoms with van der Waals surface area (Å²) in [7, 11) is 10.1. The fraction of sp³-hybridized carbons (Fsp3) is 0.278. The molecule has 0 fully saturated rings. The molecule has 117 heavy (non-hydrogen) atoms. The van der Waals surface area contributed by atoms with Crippen LogP contribution in [-0.4, -0.2) is 66.1 Å². The predicted octanol–water partition coefficient (Wildman–Crippen LogP) is 26.0. The van der Waals surface area contributed by atoms with Crippen molar-refractivity contribution in [2.75, 3.05) is 84.2 Å². The zero-order valence-corrected chi connectivity index (χ0v) is 70.6. The van der Waals surface area contributed by atoms with Crippen molar-refractivity contribution in [2.45, 2.75) is 149 Å². The van der Waals surface area contributed by atoms with Gasteiger partial charge in [0.15, 0.2) is 28.4 Å². The van der Waals surface area contributed by atoms with Gasteiger partial charge in [-0.1, -0.05) is 84.4 Å². The van der Waals surface area contributed by atoms with Gasteiger partial charge in [-0.3, -0.25) is 14.5 Å². The van der Waals surface area contributed by atoms with Crippen LogP contribution in [0, 0.1) is 158 Å². The van der Waals surface area contributed by atoms with E-state index in [1.165, 1.54) is 67.0 Å². The van der Waals surface area contributed by atoms with Gasteiger partial charge in [-0.25, -0.2) is 24.2 Å². The molecule has 0 N–H and O–H groups in total. The van der Waals surface area contributed by atoms with E-state index in [0.29, 0.717) is 56.6 Å². The Morgan fingerprint density at radius 2 is 0.615 bits per heavy atom. The van der Waals surface area contributed by atoms with Crippen molar-refractivity contribution < 1.29 is 0 Å². The lowest BCUT2D eigenvalue weighted by molar-refractivity contribution is 0.730. The van der Waals surface area contributed by atoms with Crippen molar-refractivity contribution in [3.63, 3.8) is 0 Å². The number of para-hydroxylation sites is 1. The summed E-state index contributed by atoms with van der Waals surface area (Å²) in [6, 6.07) is 50.0. The highest BCUT2D eigenvalue weighted by molar-refractivity contribution is 6.03. The maximum Gasteiger partial charge on any atom is 0.219 e. The molecule has 0 bridgehead atoms. The fourth-order valence-corrected chi connectivity index (χ4v) is 16.7. The average molecular weight is 1540 g/mol. The molecule has 0 radical (unpaired) electrons. The Hall–Kier alpha value is -14.9. The number of anilines is 15. The van der Waals surface area contributed by atoms with Gasteiger partial charge >= 0.3 is 0 Å². The van der Waals surface area contributed by atoms with Gasteiger partial charge in [-0.05, 0) is 240 Å². The SMILES string of the molecule is [C-]#[N+]c1cc(C#N)c2c(c1)N(c1c(C)cc(C)c(C)c1C)[C@@H](C)N2C.[C-]#[N+]c1cc(C#N)c2c(c1)N(c1c(C)ccc(C)c1C)[C@@H](C)N2C.[C-]#[N+]c1ccc2c(c1[N+]#[C-])N(c1cc(C)ccc1C)[C@@H](C)N2C.[C-]#[N+]c1ccc2c(c1[N+]#[C-])N(c1ccc(C)cc1C)[C@@H](C)N2C.[C-]#[N+]c1ccc2c(c1[N+]#[C-])N(c1ccccc1C)[C@@H](C)N2C. The normalized spacial score (nSPS) is 15.9. The van der Waals surface area contributed by atoms with E-state index in [1.807, 2.05) is 77.7 Å². The van der Waals surface area contributed by atoms with Crippen LogP contribution in [0.25, 0.3) is 38.8 Å². The molecule has 20 heteroatoms. The minimum Gasteiger partial charge on any atom is -0.354 e. The van der Waals surface area contributed by atoms with Crippen LogP contribution in [0.3, 0.4) is 0 Å². The molecule has 0 aromatic heterocycles. The maximum absolute atomic E-state index is 9.57. The van der Waals surface area contributed by atoms with E-state index in [9.17, 15) is 10.5 Å². The first-order valence-electron chi connectivity index (χ1n) is 38.4. The lowest BCUT2D eigenvalue weighted by atomic mass is 9.97. The molecule has 5 atom stereocenters. The standard InChI is InChI=1S/C21H22N4.C20H20N4.2C19H18N4.C18H16N4/c1-12-8-13(2)20(15(4)14(12)3)25-16(5)24(7)21-17(11-22)9-18(23-6)10-19(21)25;1-12-7-8-13(2)19(14(12)3)24-15(4)23(6)20-16(11-21)9-17(22-5)10-18(20)24;1-12-7-9-16(13(2)11-12)23-14(3)22(6)17-10-8-15(20-4)18(21-5)19(17)23;1-12-7-8-13(2)17(11-12)23-14(3)22(6)16-10-9-15(20-4)18(21-5)19(16)23;1-12-8-6-7-9-15(12)22-13(2)21(5)16-11-10-14(19-3)17(20-4)18(16)22/h8-10,16H,1-5,7H3;7-10,15H,1-4,6H3;2*7-11,14H,1-3,6H3;6-11,13H,1-2,5H3/t16-;15-;2*14-;13-/m00000/s1. The number of nitriles is 2. The number of hydrogen-bond donors (Lipinski definition) is 0. The fourth-order valence-electron chi connectivity index (χ4n) is 16.7. The Kier molecular flexibility index (Phi) is 23.7. The lowest BCUT2D eigenvalue weighted by Crippen LogP contribution is -2.36. The third kappa shape index (κ3) is 14.5. The van der Waals surface area contributed by atoms with Gasteiger partial charge in [0.2, 0.25) is 17.1 Å². The summed E-state index contributed by atoms with van der Waals surface area (Å²) in [5.74, 6) is 0. The number of fused-ring (bicyclic) bond motifs is 5. The summed E-state index contributed by atoms with van der Waals surface area (Å²) in [4.78, 5) is 50.4. The monoisotopic (exact) mass is 1540 g/mol. The second-order valence-corrected chi connectivity index (χ2v) is 30.5. The van der Waals surface area contributed by atoms with Crippen molar-refractivity contribution in [3.05, 3.63) is 309 Å². The number of rotatable bonds is 5. The Morgan fingerprint density at radius 1 is 0.265 bits per heavy atom. The lowest BCUT2D eigenvalue weighted by Gasteiger charge is -2.31. The Bertz CT molecular complexity index is 6170. The van der Waals surface area contributed by atoms with Crippen LogP contribution in [0.15, 0.2) is 140 Å². The summed E-state index contributed by atoms with van der Waals surface area (Å²) in [5.41, 5.74) is 34.0. The van der Waals surface area contributed by atoms with E-state index >= 15 is 0 Å². The molecule has 5 aliphatic rings. The smallest absolute Gasteiger partial charge is 0.219 e. The van der Waals surface area contributed by atoms with E-state index in [0.717, 1.165) is 85.1 Å². The quantitative estimate of drug-likeness (QED) is 0.153. The third-order valence-electron chi connectivity index (χ3n) is 23.7. The van der Waals surface area contributed by atoms with Crippen LogP contribution in [-0.2, 0) is 0 Å². The van der Waals surface area contributed by atoms with E-state index in [2.05, 4.69) is 284 Å². The van der Waals surface area contributed by atoms with Crippen LogP contribution in [0.2, 0.25) is 0 Å². The Morgan fingerprint density at radius 3 is 1.02 bits per heavy atom. The average Bonchev–Trinajstić information content (AvgIpc) is 1.62. The van der Waals surface area contributed by atoms with Gasteiger partial charge in [0.1, 0.15) is 43.0 Å². The van der Waals surface area contributed by atoms with Crippen LogP contribution in [0.1, 0.15) is 113 Å². The van der Waals surface area contributed by atoms with Crippen molar-refractivity contribution >= 4 is 131 Å². The molecule has 0 amide bonds. The second-order valence-electron chi connectivity index (χ2n) is 30.5. The third-order valence-corrected chi connectivity index (χ3v) is 23.7. The molecular weight excluding hydrogens is 1450 g/mol. The molecule has 5 heterocycles. The number of aryl methyl sites for hydroxylation is 9. The minimum absolute atomic E-state index is 0.0718. The van der Waals surface area contributed by atoms with Gasteiger partial charge in [-0.2, -0.15) is 10.5 Å². The van der Waals surface area contributed by atoms with Crippen molar-refractivity contribution in [2.24, 2.45) is 0 Å². The zero-order valence-electron chi connectivity index (χ0n) is 70.6.